The van der Waals surface area contributed by atoms with E-state index in [1.807, 2.05) is 13.8 Å². The van der Waals surface area contributed by atoms with E-state index in [9.17, 15) is 4.21 Å². The third kappa shape index (κ3) is 2.07. The van der Waals surface area contributed by atoms with Crippen molar-refractivity contribution < 1.29 is 13.7 Å². The van der Waals surface area contributed by atoms with Gasteiger partial charge in [0.1, 0.15) is 10.8 Å². The lowest BCUT2D eigenvalue weighted by Crippen LogP contribution is -2.06. The molecule has 5 heteroatoms. The third-order valence-electron chi connectivity index (χ3n) is 1.14. The molecule has 0 amide bonds. The molecule has 1 aliphatic heterocycles. The molecular weight excluding hydrogens is 178 g/mol. The van der Waals surface area contributed by atoms with Crippen molar-refractivity contribution in [2.45, 2.75) is 13.8 Å². The topological polar surface area (TPSA) is 47.9 Å². The minimum absolute atomic E-state index is 0.237. The molecule has 4 nitrogen and oxygen atoms in total. The van der Waals surface area contributed by atoms with Gasteiger partial charge in [-0.1, -0.05) is 0 Å². The summed E-state index contributed by atoms with van der Waals surface area (Å²) in [5.74, 6) is 0.388. The maximum absolute atomic E-state index is 11.1. The highest BCUT2D eigenvalue weighted by Crippen LogP contribution is 2.12. The van der Waals surface area contributed by atoms with Crippen molar-refractivity contribution in [3.63, 3.8) is 0 Å². The Balaban J connectivity index is 2.59. The van der Waals surface area contributed by atoms with E-state index in [1.165, 1.54) is 5.41 Å². The van der Waals surface area contributed by atoms with E-state index < -0.39 is 10.8 Å². The fraction of sp³-hybridized carbons (Fsp3) is 0.571. The molecule has 0 saturated heterocycles. The molecule has 0 aromatic rings. The Morgan fingerprint density at radius 3 is 2.67 bits per heavy atom. The Hall–Kier alpha value is -0.840. The average Bonchev–Trinajstić information content (AvgIpc) is 2.34. The second kappa shape index (κ2) is 4.25. The molecule has 0 N–H and O–H groups in total. The van der Waals surface area contributed by atoms with Crippen molar-refractivity contribution in [2.75, 3.05) is 13.2 Å². The predicted molar refractivity (Wildman–Crippen MR) is 46.9 cm³/mol. The van der Waals surface area contributed by atoms with E-state index in [0.29, 0.717) is 19.1 Å². The Labute approximate surface area is 73.7 Å². The number of ether oxygens (including phenoxy) is 2. The van der Waals surface area contributed by atoms with Gasteiger partial charge in [0.05, 0.1) is 18.6 Å². The number of aliphatic imine (C=N–C) groups is 1. The highest BCUT2D eigenvalue weighted by Gasteiger charge is 2.18. The Bertz CT molecular complexity index is 240. The number of hydrogen-bond acceptors (Lipinski definition) is 4. The highest BCUT2D eigenvalue weighted by molar-refractivity contribution is 8.03. The van der Waals surface area contributed by atoms with Gasteiger partial charge < -0.3 is 9.47 Å². The molecule has 68 valence electrons. The molecule has 0 saturated carbocycles. The molecule has 1 unspecified atom stereocenters. The summed E-state index contributed by atoms with van der Waals surface area (Å²) < 4.78 is 21.2. The van der Waals surface area contributed by atoms with Crippen LogP contribution in [-0.2, 0) is 20.3 Å². The fourth-order valence-corrected chi connectivity index (χ4v) is 1.55. The standard InChI is InChI=1S/C7H11NO3S/c1-3-10-6-5-12(9)7(8-6)11-4-2/h5H,3-4H2,1-2H3. The third-order valence-corrected chi connectivity index (χ3v) is 2.11. The lowest BCUT2D eigenvalue weighted by Gasteiger charge is -1.98. The minimum Gasteiger partial charge on any atom is -0.477 e. The summed E-state index contributed by atoms with van der Waals surface area (Å²) in [6, 6.07) is 0. The molecule has 1 atom stereocenters. The van der Waals surface area contributed by atoms with Crippen LogP contribution in [-0.4, -0.2) is 22.7 Å². The van der Waals surface area contributed by atoms with Gasteiger partial charge in [0, 0.05) is 0 Å². The first-order valence-corrected chi connectivity index (χ1v) is 4.96. The van der Waals surface area contributed by atoms with Gasteiger partial charge in [0.2, 0.25) is 5.88 Å². The predicted octanol–water partition coefficient (Wildman–Crippen LogP) is 0.977. The average molecular weight is 189 g/mol. The van der Waals surface area contributed by atoms with Crippen LogP contribution >= 0.6 is 0 Å². The molecule has 0 spiro atoms. The molecule has 12 heavy (non-hydrogen) atoms. The van der Waals surface area contributed by atoms with Crippen molar-refractivity contribution >= 4 is 16.0 Å². The zero-order chi connectivity index (χ0) is 8.97. The maximum atomic E-state index is 11.1. The smallest absolute Gasteiger partial charge is 0.289 e. The highest BCUT2D eigenvalue weighted by atomic mass is 32.2. The Morgan fingerprint density at radius 2 is 2.08 bits per heavy atom. The maximum Gasteiger partial charge on any atom is 0.289 e. The van der Waals surface area contributed by atoms with Crippen LogP contribution in [0.5, 0.6) is 0 Å². The van der Waals surface area contributed by atoms with Crippen molar-refractivity contribution in [1.29, 1.82) is 0 Å². The molecule has 1 heterocycles. The van der Waals surface area contributed by atoms with Crippen LogP contribution in [0.25, 0.3) is 0 Å². The van der Waals surface area contributed by atoms with Crippen LogP contribution in [0.4, 0.5) is 0 Å². The van der Waals surface area contributed by atoms with Gasteiger partial charge in [-0.2, -0.15) is 4.99 Å². The van der Waals surface area contributed by atoms with Gasteiger partial charge in [-0.25, -0.2) is 4.21 Å². The van der Waals surface area contributed by atoms with Gasteiger partial charge in [-0.15, -0.1) is 0 Å². The lowest BCUT2D eigenvalue weighted by molar-refractivity contribution is 0.226. The van der Waals surface area contributed by atoms with E-state index in [4.69, 9.17) is 9.47 Å². The quantitative estimate of drug-likeness (QED) is 0.664. The summed E-state index contributed by atoms with van der Waals surface area (Å²) in [5.41, 5.74) is 0. The van der Waals surface area contributed by atoms with Crippen molar-refractivity contribution in [3.05, 3.63) is 11.3 Å². The number of nitrogens with zero attached hydrogens (tertiary/aromatic N) is 1. The molecule has 0 aliphatic carbocycles. The first-order valence-electron chi connectivity index (χ1n) is 3.74. The van der Waals surface area contributed by atoms with Gasteiger partial charge in [-0.05, 0) is 13.8 Å². The van der Waals surface area contributed by atoms with Crippen LogP contribution in [0.2, 0.25) is 0 Å². The van der Waals surface area contributed by atoms with Gasteiger partial charge >= 0.3 is 0 Å². The first kappa shape index (κ1) is 9.25. The molecule has 0 aromatic heterocycles. The van der Waals surface area contributed by atoms with Crippen LogP contribution in [0.15, 0.2) is 16.3 Å². The van der Waals surface area contributed by atoms with E-state index in [0.717, 1.165) is 0 Å². The Kier molecular flexibility index (Phi) is 3.28. The lowest BCUT2D eigenvalue weighted by atomic mass is 10.8. The minimum atomic E-state index is -1.25. The molecule has 0 radical (unpaired) electrons. The van der Waals surface area contributed by atoms with Crippen LogP contribution < -0.4 is 0 Å². The SMILES string of the molecule is CCOC1=CS(=O)C(OCC)=N1. The zero-order valence-electron chi connectivity index (χ0n) is 7.07. The molecule has 0 aromatic carbocycles. The molecule has 1 rings (SSSR count). The van der Waals surface area contributed by atoms with E-state index in [2.05, 4.69) is 4.99 Å². The summed E-state index contributed by atoms with van der Waals surface area (Å²) in [7, 11) is -1.25. The van der Waals surface area contributed by atoms with Crippen LogP contribution in [0, 0.1) is 0 Å². The molecule has 0 fully saturated rings. The van der Waals surface area contributed by atoms with E-state index in [-0.39, 0.29) is 5.23 Å². The van der Waals surface area contributed by atoms with E-state index >= 15 is 0 Å². The molecule has 1 aliphatic rings. The molecular formula is C7H11NO3S. The summed E-state index contributed by atoms with van der Waals surface area (Å²) in [4.78, 5) is 3.88. The molecule has 0 bridgehead atoms. The van der Waals surface area contributed by atoms with Gasteiger partial charge in [0.15, 0.2) is 0 Å². The zero-order valence-corrected chi connectivity index (χ0v) is 7.89. The second-order valence-electron chi connectivity index (χ2n) is 2.00. The normalized spacial score (nSPS) is 21.7. The number of rotatable bonds is 3. The summed E-state index contributed by atoms with van der Waals surface area (Å²) in [6.07, 6.45) is 0. The summed E-state index contributed by atoms with van der Waals surface area (Å²) >= 11 is 0. The Morgan fingerprint density at radius 1 is 1.42 bits per heavy atom. The summed E-state index contributed by atoms with van der Waals surface area (Å²) in [5, 5.41) is 1.68. The van der Waals surface area contributed by atoms with Crippen LogP contribution in [0.1, 0.15) is 13.8 Å². The van der Waals surface area contributed by atoms with Crippen LogP contribution in [0.3, 0.4) is 0 Å². The van der Waals surface area contributed by atoms with Crippen molar-refractivity contribution in [2.24, 2.45) is 4.99 Å². The fourth-order valence-electron chi connectivity index (χ4n) is 0.731. The van der Waals surface area contributed by atoms with E-state index in [1.54, 1.807) is 0 Å². The monoisotopic (exact) mass is 189 g/mol. The van der Waals surface area contributed by atoms with Crippen molar-refractivity contribution in [1.82, 2.24) is 0 Å². The first-order chi connectivity index (χ1) is 5.77. The van der Waals surface area contributed by atoms with Crippen molar-refractivity contribution in [3.8, 4) is 0 Å². The largest absolute Gasteiger partial charge is 0.477 e. The summed E-state index contributed by atoms with van der Waals surface area (Å²) in [6.45, 7) is 4.65. The second-order valence-corrected chi connectivity index (χ2v) is 3.18. The van der Waals surface area contributed by atoms with Gasteiger partial charge in [-0.3, -0.25) is 0 Å². The number of hydrogen-bond donors (Lipinski definition) is 0. The van der Waals surface area contributed by atoms with Gasteiger partial charge in [0.25, 0.3) is 5.23 Å².